The van der Waals surface area contributed by atoms with Gasteiger partial charge in [-0.1, -0.05) is 43.3 Å². The fourth-order valence-corrected chi connectivity index (χ4v) is 3.19. The van der Waals surface area contributed by atoms with Gasteiger partial charge in [-0.2, -0.15) is 0 Å². The number of hydrogen-bond acceptors (Lipinski definition) is 2. The van der Waals surface area contributed by atoms with Gasteiger partial charge < -0.3 is 10.0 Å². The monoisotopic (exact) mass is 295 g/mol. The minimum atomic E-state index is 0.131. The maximum atomic E-state index is 12.7. The maximum Gasteiger partial charge on any atom is 0.227 e. The summed E-state index contributed by atoms with van der Waals surface area (Å²) in [5.41, 5.74) is 3.46. The Bertz CT molecular complexity index is 681. The Kier molecular flexibility index (Phi) is 4.14. The van der Waals surface area contributed by atoms with Gasteiger partial charge in [0, 0.05) is 12.6 Å². The molecule has 1 heterocycles. The second-order valence-corrected chi connectivity index (χ2v) is 5.90. The smallest absolute Gasteiger partial charge is 0.227 e. The maximum absolute atomic E-state index is 12.7. The van der Waals surface area contributed by atoms with E-state index in [1.807, 2.05) is 17.0 Å². The van der Waals surface area contributed by atoms with Crippen molar-refractivity contribution in [2.45, 2.75) is 38.8 Å². The first-order valence-electron chi connectivity index (χ1n) is 7.81. The van der Waals surface area contributed by atoms with Crippen LogP contribution in [0, 0.1) is 0 Å². The summed E-state index contributed by atoms with van der Waals surface area (Å²) in [6, 6.07) is 15.6. The third kappa shape index (κ3) is 2.98. The van der Waals surface area contributed by atoms with Crippen LogP contribution < -0.4 is 0 Å². The van der Waals surface area contributed by atoms with Gasteiger partial charge in [-0.05, 0) is 41.7 Å². The number of aromatic hydroxyl groups is 1. The number of phenols is 1. The van der Waals surface area contributed by atoms with Crippen LogP contribution in [0.15, 0.2) is 48.5 Å². The van der Waals surface area contributed by atoms with Crippen LogP contribution in [0.1, 0.15) is 30.0 Å². The number of nitrogens with zero attached hydrogens (tertiary/aromatic N) is 1. The van der Waals surface area contributed by atoms with Crippen LogP contribution >= 0.6 is 0 Å². The molecule has 3 heteroatoms. The van der Waals surface area contributed by atoms with Crippen molar-refractivity contribution in [1.82, 2.24) is 4.90 Å². The van der Waals surface area contributed by atoms with E-state index < -0.39 is 0 Å². The minimum absolute atomic E-state index is 0.131. The molecule has 0 radical (unpaired) electrons. The molecule has 0 spiro atoms. The molecule has 1 N–H and O–H groups in total. The summed E-state index contributed by atoms with van der Waals surface area (Å²) < 4.78 is 0. The second-order valence-electron chi connectivity index (χ2n) is 5.90. The van der Waals surface area contributed by atoms with Crippen molar-refractivity contribution in [3.8, 4) is 5.75 Å². The zero-order valence-corrected chi connectivity index (χ0v) is 12.8. The van der Waals surface area contributed by atoms with Crippen LogP contribution in [0.3, 0.4) is 0 Å². The molecule has 2 aromatic carbocycles. The zero-order chi connectivity index (χ0) is 15.5. The van der Waals surface area contributed by atoms with E-state index in [0.717, 1.165) is 18.4 Å². The summed E-state index contributed by atoms with van der Waals surface area (Å²) in [7, 11) is 0. The minimum Gasteiger partial charge on any atom is -0.508 e. The quantitative estimate of drug-likeness (QED) is 0.944. The number of hydrogen-bond donors (Lipinski definition) is 1. The van der Waals surface area contributed by atoms with E-state index in [1.54, 1.807) is 18.2 Å². The average Bonchev–Trinajstić information content (AvgIpc) is 2.53. The molecular weight excluding hydrogens is 274 g/mol. The topological polar surface area (TPSA) is 40.5 Å². The Labute approximate surface area is 131 Å². The molecule has 0 bridgehead atoms. The van der Waals surface area contributed by atoms with Gasteiger partial charge in [-0.15, -0.1) is 0 Å². The molecule has 0 aliphatic carbocycles. The molecule has 0 fully saturated rings. The highest BCUT2D eigenvalue weighted by atomic mass is 16.3. The predicted molar refractivity (Wildman–Crippen MR) is 86.6 cm³/mol. The Balaban J connectivity index is 1.79. The van der Waals surface area contributed by atoms with Crippen LogP contribution in [0.25, 0.3) is 0 Å². The van der Waals surface area contributed by atoms with Gasteiger partial charge in [0.15, 0.2) is 0 Å². The Morgan fingerprint density at radius 2 is 1.95 bits per heavy atom. The largest absolute Gasteiger partial charge is 0.508 e. The first kappa shape index (κ1) is 14.6. The van der Waals surface area contributed by atoms with Crippen molar-refractivity contribution in [3.63, 3.8) is 0 Å². The molecule has 0 aromatic heterocycles. The number of carbonyl (C=O) groups excluding carboxylic acids is 1. The fourth-order valence-electron chi connectivity index (χ4n) is 3.19. The van der Waals surface area contributed by atoms with Gasteiger partial charge >= 0.3 is 0 Å². The SMILES string of the molecule is CCC1Cc2ccccc2CN1C(=O)Cc1cccc(O)c1. The van der Waals surface area contributed by atoms with E-state index in [1.165, 1.54) is 11.1 Å². The summed E-state index contributed by atoms with van der Waals surface area (Å²) in [6.07, 6.45) is 2.23. The molecular formula is C19H21NO2. The van der Waals surface area contributed by atoms with Gasteiger partial charge in [-0.3, -0.25) is 4.79 Å². The lowest BCUT2D eigenvalue weighted by Gasteiger charge is -2.36. The summed E-state index contributed by atoms with van der Waals surface area (Å²) in [6.45, 7) is 2.82. The van der Waals surface area contributed by atoms with Crippen molar-refractivity contribution in [2.24, 2.45) is 0 Å². The lowest BCUT2D eigenvalue weighted by atomic mass is 9.92. The average molecular weight is 295 g/mol. The van der Waals surface area contributed by atoms with E-state index >= 15 is 0 Å². The lowest BCUT2D eigenvalue weighted by Crippen LogP contribution is -2.44. The van der Waals surface area contributed by atoms with Gasteiger partial charge in [0.25, 0.3) is 0 Å². The lowest BCUT2D eigenvalue weighted by molar-refractivity contribution is -0.134. The fraction of sp³-hybridized carbons (Fsp3) is 0.316. The molecule has 0 saturated carbocycles. The van der Waals surface area contributed by atoms with Crippen molar-refractivity contribution in [3.05, 3.63) is 65.2 Å². The Morgan fingerprint density at radius 3 is 2.68 bits per heavy atom. The highest BCUT2D eigenvalue weighted by Crippen LogP contribution is 2.25. The highest BCUT2D eigenvalue weighted by Gasteiger charge is 2.28. The van der Waals surface area contributed by atoms with Crippen molar-refractivity contribution in [2.75, 3.05) is 0 Å². The number of fused-ring (bicyclic) bond motifs is 1. The van der Waals surface area contributed by atoms with Gasteiger partial charge in [0.1, 0.15) is 5.75 Å². The molecule has 1 aliphatic rings. The molecule has 3 rings (SSSR count). The van der Waals surface area contributed by atoms with Crippen LogP contribution in [0.5, 0.6) is 5.75 Å². The molecule has 0 saturated heterocycles. The molecule has 3 nitrogen and oxygen atoms in total. The van der Waals surface area contributed by atoms with Gasteiger partial charge in [-0.25, -0.2) is 0 Å². The van der Waals surface area contributed by atoms with E-state index in [2.05, 4.69) is 25.1 Å². The predicted octanol–water partition coefficient (Wildman–Crippen LogP) is 3.30. The van der Waals surface area contributed by atoms with E-state index in [9.17, 15) is 9.90 Å². The van der Waals surface area contributed by atoms with Gasteiger partial charge in [0.2, 0.25) is 5.91 Å². The van der Waals surface area contributed by atoms with E-state index in [4.69, 9.17) is 0 Å². The summed E-state index contributed by atoms with van der Waals surface area (Å²) in [4.78, 5) is 14.7. The van der Waals surface area contributed by atoms with Crippen LogP contribution in [-0.4, -0.2) is 22.0 Å². The molecule has 1 aliphatic heterocycles. The summed E-state index contributed by atoms with van der Waals surface area (Å²) in [5.74, 6) is 0.341. The molecule has 2 aromatic rings. The zero-order valence-electron chi connectivity index (χ0n) is 12.8. The molecule has 22 heavy (non-hydrogen) atoms. The number of benzene rings is 2. The standard InChI is InChI=1S/C19H21NO2/c1-2-17-12-15-7-3-4-8-16(15)13-20(17)19(22)11-14-6-5-9-18(21)10-14/h3-10,17,21H,2,11-13H2,1H3. The molecule has 1 atom stereocenters. The van der Waals surface area contributed by atoms with Crippen molar-refractivity contribution < 1.29 is 9.90 Å². The van der Waals surface area contributed by atoms with Crippen molar-refractivity contribution in [1.29, 1.82) is 0 Å². The number of rotatable bonds is 3. The third-order valence-electron chi connectivity index (χ3n) is 4.41. The number of phenolic OH excluding ortho intramolecular Hbond substituents is 1. The Hall–Kier alpha value is -2.29. The first-order valence-corrected chi connectivity index (χ1v) is 7.81. The molecule has 1 unspecified atom stereocenters. The van der Waals surface area contributed by atoms with Crippen LogP contribution in [0.2, 0.25) is 0 Å². The highest BCUT2D eigenvalue weighted by molar-refractivity contribution is 5.79. The second kappa shape index (κ2) is 6.22. The number of amides is 1. The first-order chi connectivity index (χ1) is 10.7. The van der Waals surface area contributed by atoms with E-state index in [-0.39, 0.29) is 17.7 Å². The number of carbonyl (C=O) groups is 1. The Morgan fingerprint density at radius 1 is 1.18 bits per heavy atom. The van der Waals surface area contributed by atoms with Crippen LogP contribution in [-0.2, 0) is 24.2 Å². The summed E-state index contributed by atoms with van der Waals surface area (Å²) >= 11 is 0. The molecule has 114 valence electrons. The van der Waals surface area contributed by atoms with Crippen LogP contribution in [0.4, 0.5) is 0 Å². The van der Waals surface area contributed by atoms with E-state index in [0.29, 0.717) is 13.0 Å². The molecule has 1 amide bonds. The van der Waals surface area contributed by atoms with Gasteiger partial charge in [0.05, 0.1) is 6.42 Å². The third-order valence-corrected chi connectivity index (χ3v) is 4.41. The van der Waals surface area contributed by atoms with Crippen molar-refractivity contribution >= 4 is 5.91 Å². The summed E-state index contributed by atoms with van der Waals surface area (Å²) in [5, 5.41) is 9.54. The normalized spacial score (nSPS) is 17.1.